The Morgan fingerprint density at radius 3 is 2.57 bits per heavy atom. The van der Waals surface area contributed by atoms with Gasteiger partial charge in [-0.3, -0.25) is 0 Å². The molecule has 14 heavy (non-hydrogen) atoms. The van der Waals surface area contributed by atoms with Gasteiger partial charge in [0.2, 0.25) is 0 Å². The van der Waals surface area contributed by atoms with Crippen molar-refractivity contribution < 1.29 is 13.8 Å². The van der Waals surface area contributed by atoms with E-state index in [2.05, 4.69) is 4.29 Å². The number of benzene rings is 1. The largest absolute Gasteiger partial charge is 0.356 e. The highest BCUT2D eigenvalue weighted by atomic mass is 35.5. The molecule has 0 aromatic heterocycles. The second-order valence-electron chi connectivity index (χ2n) is 2.93. The fraction of sp³-hybridized carbons (Fsp3) is 0.222. The maximum absolute atomic E-state index is 10.9. The predicted octanol–water partition coefficient (Wildman–Crippen LogP) is 2.48. The number of epoxide rings is 1. The Balaban J connectivity index is 2.06. The molecule has 5 heteroatoms. The van der Waals surface area contributed by atoms with Crippen LogP contribution in [-0.4, -0.2) is 12.1 Å². The van der Waals surface area contributed by atoms with Crippen molar-refractivity contribution in [2.45, 2.75) is 12.2 Å². The van der Waals surface area contributed by atoms with Gasteiger partial charge in [0, 0.05) is 5.02 Å². The lowest BCUT2D eigenvalue weighted by Crippen LogP contribution is -2.06. The molecule has 0 bridgehead atoms. The smallest absolute Gasteiger partial charge is 0.352 e. The van der Waals surface area contributed by atoms with Crippen molar-refractivity contribution in [3.8, 4) is 0 Å². The first-order valence-electron chi connectivity index (χ1n) is 3.95. The maximum Gasteiger partial charge on any atom is 0.356 e. The van der Waals surface area contributed by atoms with Gasteiger partial charge >= 0.3 is 5.97 Å². The molecule has 1 heterocycles. The Labute approximate surface area is 90.7 Å². The molecule has 2 atom stereocenters. The van der Waals surface area contributed by atoms with E-state index in [1.54, 1.807) is 24.3 Å². The van der Waals surface area contributed by atoms with Gasteiger partial charge in [0.25, 0.3) is 0 Å². The molecular weight excluding hydrogens is 227 g/mol. The zero-order valence-corrected chi connectivity index (χ0v) is 8.46. The van der Waals surface area contributed by atoms with E-state index in [0.29, 0.717) is 5.02 Å². The molecule has 0 spiro atoms. The van der Waals surface area contributed by atoms with Crippen LogP contribution >= 0.6 is 23.5 Å². The summed E-state index contributed by atoms with van der Waals surface area (Å²) in [5, 5.41) is 0.644. The summed E-state index contributed by atoms with van der Waals surface area (Å²) < 4.78 is 9.13. The minimum Gasteiger partial charge on any atom is -0.352 e. The van der Waals surface area contributed by atoms with Crippen LogP contribution in [0, 0.1) is 0 Å². The first-order chi connectivity index (χ1) is 6.72. The van der Waals surface area contributed by atoms with Crippen LogP contribution in [0.15, 0.2) is 24.3 Å². The van der Waals surface area contributed by atoms with Gasteiger partial charge in [0.1, 0.15) is 18.0 Å². The average Bonchev–Trinajstić information content (AvgIpc) is 2.98. The highest BCUT2D eigenvalue weighted by Gasteiger charge is 2.47. The third-order valence-electron chi connectivity index (χ3n) is 2.00. The quantitative estimate of drug-likeness (QED) is 0.736. The molecule has 1 aromatic carbocycles. The summed E-state index contributed by atoms with van der Waals surface area (Å²) in [5.74, 6) is -0.563. The van der Waals surface area contributed by atoms with Crippen molar-refractivity contribution in [3.05, 3.63) is 34.9 Å². The lowest BCUT2D eigenvalue weighted by molar-refractivity contribution is -0.135. The summed E-state index contributed by atoms with van der Waals surface area (Å²) in [4.78, 5) is 10.9. The molecule has 74 valence electrons. The Hall–Kier alpha value is -0.770. The second kappa shape index (κ2) is 3.77. The van der Waals surface area contributed by atoms with Crippen LogP contribution in [0.1, 0.15) is 11.7 Å². The first kappa shape index (κ1) is 9.77. The van der Waals surface area contributed by atoms with E-state index in [1.165, 1.54) is 0 Å². The molecular formula is C9H6Cl2O3. The Kier molecular flexibility index (Phi) is 2.63. The van der Waals surface area contributed by atoms with E-state index in [0.717, 1.165) is 5.56 Å². The van der Waals surface area contributed by atoms with Crippen molar-refractivity contribution in [1.29, 1.82) is 0 Å². The van der Waals surface area contributed by atoms with E-state index in [-0.39, 0.29) is 6.10 Å². The average molecular weight is 233 g/mol. The Bertz CT molecular complexity index is 350. The Morgan fingerprint density at radius 2 is 2.00 bits per heavy atom. The second-order valence-corrected chi connectivity index (χ2v) is 3.52. The molecule has 3 nitrogen and oxygen atoms in total. The van der Waals surface area contributed by atoms with Crippen LogP contribution in [-0.2, 0) is 13.8 Å². The number of hydrogen-bond acceptors (Lipinski definition) is 3. The first-order valence-corrected chi connectivity index (χ1v) is 4.64. The van der Waals surface area contributed by atoms with Crippen molar-refractivity contribution in [2.24, 2.45) is 0 Å². The predicted molar refractivity (Wildman–Crippen MR) is 51.0 cm³/mol. The van der Waals surface area contributed by atoms with Crippen LogP contribution < -0.4 is 0 Å². The minimum absolute atomic E-state index is 0.251. The minimum atomic E-state index is -0.575. The van der Waals surface area contributed by atoms with E-state index in [4.69, 9.17) is 28.2 Å². The summed E-state index contributed by atoms with van der Waals surface area (Å²) in [5.41, 5.74) is 0.890. The van der Waals surface area contributed by atoms with Crippen LogP contribution in [0.3, 0.4) is 0 Å². The molecule has 1 aromatic rings. The fourth-order valence-electron chi connectivity index (χ4n) is 1.24. The summed E-state index contributed by atoms with van der Waals surface area (Å²) in [6.45, 7) is 0. The van der Waals surface area contributed by atoms with Gasteiger partial charge in [0.15, 0.2) is 6.10 Å². The molecule has 0 amide bonds. The fourth-order valence-corrected chi connectivity index (χ4v) is 1.46. The third-order valence-corrected chi connectivity index (χ3v) is 2.40. The standard InChI is InChI=1S/C9H6Cl2O3/c10-6-3-1-5(2-4-6)7-8(13-7)9(12)14-11/h1-4,7-8H. The van der Waals surface area contributed by atoms with Crippen LogP contribution in [0.25, 0.3) is 0 Å². The highest BCUT2D eigenvalue weighted by molar-refractivity contribution is 6.30. The number of rotatable bonds is 2. The van der Waals surface area contributed by atoms with Gasteiger partial charge in [-0.15, -0.1) is 0 Å². The molecule has 1 fully saturated rings. The molecule has 0 aliphatic carbocycles. The molecule has 0 saturated carbocycles. The molecule has 1 aliphatic rings. The number of hydrogen-bond donors (Lipinski definition) is 0. The topological polar surface area (TPSA) is 38.8 Å². The van der Waals surface area contributed by atoms with Crippen LogP contribution in [0.5, 0.6) is 0 Å². The van der Waals surface area contributed by atoms with Gasteiger partial charge in [-0.2, -0.15) is 0 Å². The van der Waals surface area contributed by atoms with Crippen molar-refractivity contribution in [1.82, 2.24) is 0 Å². The zero-order valence-electron chi connectivity index (χ0n) is 6.94. The summed E-state index contributed by atoms with van der Waals surface area (Å²) in [6, 6.07) is 7.08. The summed E-state index contributed by atoms with van der Waals surface area (Å²) in [7, 11) is 0. The lowest BCUT2D eigenvalue weighted by atomic mass is 10.1. The van der Waals surface area contributed by atoms with Crippen LogP contribution in [0.2, 0.25) is 5.02 Å². The number of carbonyl (C=O) groups excluding carboxylic acids is 1. The van der Waals surface area contributed by atoms with E-state index in [9.17, 15) is 4.79 Å². The molecule has 1 saturated heterocycles. The maximum atomic E-state index is 10.9. The van der Waals surface area contributed by atoms with E-state index >= 15 is 0 Å². The van der Waals surface area contributed by atoms with Gasteiger partial charge in [-0.05, 0) is 17.7 Å². The summed E-state index contributed by atoms with van der Waals surface area (Å²) in [6.07, 6.45) is -0.827. The van der Waals surface area contributed by atoms with Gasteiger partial charge in [-0.1, -0.05) is 23.7 Å². The monoisotopic (exact) mass is 232 g/mol. The van der Waals surface area contributed by atoms with Crippen molar-refractivity contribution in [3.63, 3.8) is 0 Å². The highest BCUT2D eigenvalue weighted by Crippen LogP contribution is 2.39. The number of ether oxygens (including phenoxy) is 1. The van der Waals surface area contributed by atoms with E-state index < -0.39 is 12.1 Å². The number of carbonyl (C=O) groups is 1. The van der Waals surface area contributed by atoms with Gasteiger partial charge in [0.05, 0.1) is 0 Å². The normalized spacial score (nSPS) is 24.4. The molecule has 0 N–H and O–H groups in total. The SMILES string of the molecule is O=C(OCl)C1OC1c1ccc(Cl)cc1. The van der Waals surface area contributed by atoms with Gasteiger partial charge in [-0.25, -0.2) is 4.79 Å². The summed E-state index contributed by atoms with van der Waals surface area (Å²) >= 11 is 10.6. The van der Waals surface area contributed by atoms with Crippen molar-refractivity contribution >= 4 is 29.4 Å². The van der Waals surface area contributed by atoms with Gasteiger partial charge < -0.3 is 9.03 Å². The molecule has 0 radical (unpaired) electrons. The molecule has 1 aliphatic heterocycles. The number of halogens is 2. The van der Waals surface area contributed by atoms with Crippen molar-refractivity contribution in [2.75, 3.05) is 0 Å². The van der Waals surface area contributed by atoms with Crippen LogP contribution in [0.4, 0.5) is 0 Å². The zero-order chi connectivity index (χ0) is 10.1. The third kappa shape index (κ3) is 1.85. The van der Waals surface area contributed by atoms with E-state index in [1.807, 2.05) is 0 Å². The lowest BCUT2D eigenvalue weighted by Gasteiger charge is -1.94. The molecule has 2 rings (SSSR count). The molecule has 2 unspecified atom stereocenters. The Morgan fingerprint density at radius 1 is 1.36 bits per heavy atom.